The molecule has 608 valence electrons. The summed E-state index contributed by atoms with van der Waals surface area (Å²) in [5.41, 5.74) is 0. The summed E-state index contributed by atoms with van der Waals surface area (Å²) in [6.07, 6.45) is 85.5. The lowest BCUT2D eigenvalue weighted by atomic mass is 10.1. The Hall–Kier alpha value is -0.400. The molecule has 0 aromatic rings. The van der Waals surface area contributed by atoms with Gasteiger partial charge < -0.3 is 51.1 Å². The molecular formula is C88H196O10. The topological polar surface area (TPSA) is 202 Å². The van der Waals surface area contributed by atoms with Gasteiger partial charge in [0.15, 0.2) is 0 Å². The molecule has 0 spiro atoms. The van der Waals surface area contributed by atoms with Crippen molar-refractivity contribution in [3.8, 4) is 0 Å². The second-order valence-corrected chi connectivity index (χ2v) is 27.9. The normalized spacial score (nSPS) is 10.5. The first kappa shape index (κ1) is 119. The maximum Gasteiger partial charge on any atom is 0.0512 e. The first-order valence-electron chi connectivity index (χ1n) is 44.2. The number of aliphatic hydroxyl groups excluding tert-OH is 10. The van der Waals surface area contributed by atoms with E-state index < -0.39 is 0 Å². The Morgan fingerprint density at radius 3 is 0.296 bits per heavy atom. The van der Waals surface area contributed by atoms with E-state index in [1.165, 1.54) is 353 Å². The summed E-state index contributed by atoms with van der Waals surface area (Å²) in [6, 6.07) is 0. The highest BCUT2D eigenvalue weighted by Gasteiger charge is 1.96. The third kappa shape index (κ3) is 187. The number of unbranched alkanes of at least 4 members (excludes halogenated alkanes) is 56. The van der Waals surface area contributed by atoms with Crippen LogP contribution in [0.1, 0.15) is 506 Å². The van der Waals surface area contributed by atoms with Crippen LogP contribution in [0.5, 0.6) is 0 Å². The molecule has 0 heterocycles. The summed E-state index contributed by atoms with van der Waals surface area (Å²) in [6.45, 7) is 27.2. The van der Waals surface area contributed by atoms with Crippen LogP contribution in [0.2, 0.25) is 0 Å². The highest BCUT2D eigenvalue weighted by molar-refractivity contribution is 4.52. The highest BCUT2D eigenvalue weighted by Crippen LogP contribution is 2.14. The van der Waals surface area contributed by atoms with Gasteiger partial charge in [0.1, 0.15) is 0 Å². The van der Waals surface area contributed by atoms with Crippen molar-refractivity contribution in [1.82, 2.24) is 0 Å². The van der Waals surface area contributed by atoms with E-state index in [2.05, 4.69) is 69.2 Å². The fourth-order valence-corrected chi connectivity index (χ4v) is 10.3. The Bertz CT molecular complexity index is 973. The van der Waals surface area contributed by atoms with E-state index in [4.69, 9.17) is 51.1 Å². The second-order valence-electron chi connectivity index (χ2n) is 27.9. The van der Waals surface area contributed by atoms with Crippen LogP contribution < -0.4 is 0 Å². The van der Waals surface area contributed by atoms with Crippen LogP contribution in [0.15, 0.2) is 0 Å². The van der Waals surface area contributed by atoms with Gasteiger partial charge in [-0.3, -0.25) is 0 Å². The Balaban J connectivity index is -0.000000111. The van der Waals surface area contributed by atoms with Gasteiger partial charge >= 0.3 is 0 Å². The zero-order valence-electron chi connectivity index (χ0n) is 69.8. The smallest absolute Gasteiger partial charge is 0.0512 e. The van der Waals surface area contributed by atoms with E-state index in [1.807, 2.05) is 6.92 Å². The minimum atomic E-state index is -0.0973. The summed E-state index contributed by atoms with van der Waals surface area (Å²) in [5, 5.41) is 84.7. The molecule has 0 bridgehead atoms. The molecule has 10 heteroatoms. The first-order valence-corrected chi connectivity index (χ1v) is 44.2. The molecule has 10 N–H and O–H groups in total. The highest BCUT2D eigenvalue weighted by atomic mass is 16.3. The van der Waals surface area contributed by atoms with Gasteiger partial charge in [0.05, 0.1) is 6.10 Å². The zero-order chi connectivity index (χ0) is 75.3. The molecule has 0 aliphatic heterocycles. The van der Waals surface area contributed by atoms with Crippen molar-refractivity contribution in [3.63, 3.8) is 0 Å². The average Bonchev–Trinajstić information content (AvgIpc) is 3.63. The minimum absolute atomic E-state index is 0.0973. The van der Waals surface area contributed by atoms with Gasteiger partial charge in [0, 0.05) is 59.5 Å². The molecule has 0 aromatic carbocycles. The Labute approximate surface area is 619 Å². The van der Waals surface area contributed by atoms with E-state index in [1.54, 1.807) is 0 Å². The molecule has 1 atom stereocenters. The summed E-state index contributed by atoms with van der Waals surface area (Å²) in [5.74, 6) is 0. The van der Waals surface area contributed by atoms with Crippen LogP contribution in [0.25, 0.3) is 0 Å². The van der Waals surface area contributed by atoms with E-state index >= 15 is 0 Å². The third-order valence-electron chi connectivity index (χ3n) is 17.1. The van der Waals surface area contributed by atoms with Crippen LogP contribution in [0, 0.1) is 0 Å². The molecular weight excluding hydrogens is 1220 g/mol. The van der Waals surface area contributed by atoms with Gasteiger partial charge in [0.2, 0.25) is 0 Å². The molecule has 0 aliphatic rings. The van der Waals surface area contributed by atoms with Crippen LogP contribution in [-0.4, -0.2) is 117 Å². The molecule has 0 radical (unpaired) electrons. The van der Waals surface area contributed by atoms with Crippen molar-refractivity contribution < 1.29 is 51.1 Å². The SMILES string of the molecule is CCCCC(C)O.CCCCCCCCCCCCCCO.CCCCCCCCCCCCO.CCCCCCCCCCCO.CCCCCCCCCCO.CCCCCCCCCO.CCCCCCCCO.CCCCCCCO.CCCCCCO.CCCCCO. The second kappa shape index (κ2) is 143. The van der Waals surface area contributed by atoms with Crippen LogP contribution in [0.3, 0.4) is 0 Å². The maximum absolute atomic E-state index is 8.68. The van der Waals surface area contributed by atoms with Crippen LogP contribution in [-0.2, 0) is 0 Å². The van der Waals surface area contributed by atoms with Crippen molar-refractivity contribution in [1.29, 1.82) is 0 Å². The summed E-state index contributed by atoms with van der Waals surface area (Å²) in [4.78, 5) is 0. The molecule has 0 rings (SSSR count). The first-order chi connectivity index (χ1) is 48.0. The van der Waals surface area contributed by atoms with Crippen molar-refractivity contribution in [2.24, 2.45) is 0 Å². The van der Waals surface area contributed by atoms with Crippen LogP contribution >= 0.6 is 0 Å². The average molecular weight is 1410 g/mol. The van der Waals surface area contributed by atoms with Crippen LogP contribution in [0.4, 0.5) is 0 Å². The van der Waals surface area contributed by atoms with Crippen molar-refractivity contribution >= 4 is 0 Å². The van der Waals surface area contributed by atoms with Gasteiger partial charge in [-0.2, -0.15) is 0 Å². The molecule has 0 saturated heterocycles. The summed E-state index contributed by atoms with van der Waals surface area (Å²) in [7, 11) is 0. The molecule has 0 aliphatic carbocycles. The monoisotopic (exact) mass is 1410 g/mol. The molecule has 0 saturated carbocycles. The molecule has 0 aromatic heterocycles. The van der Waals surface area contributed by atoms with E-state index in [0.717, 1.165) is 77.0 Å². The quantitative estimate of drug-likeness (QED) is 0.0261. The summed E-state index contributed by atoms with van der Waals surface area (Å²) >= 11 is 0. The number of rotatable bonds is 67. The molecule has 1 unspecified atom stereocenters. The number of hydrogen-bond donors (Lipinski definition) is 10. The van der Waals surface area contributed by atoms with E-state index in [9.17, 15) is 0 Å². The minimum Gasteiger partial charge on any atom is -0.396 e. The van der Waals surface area contributed by atoms with Gasteiger partial charge in [-0.1, -0.05) is 435 Å². The molecule has 0 fully saturated rings. The predicted octanol–water partition coefficient (Wildman–Crippen LogP) is 26.5. The van der Waals surface area contributed by atoms with Gasteiger partial charge in [0.25, 0.3) is 0 Å². The largest absolute Gasteiger partial charge is 0.396 e. The Kier molecular flexibility index (Phi) is 173. The number of hydrogen-bond acceptors (Lipinski definition) is 10. The van der Waals surface area contributed by atoms with Crippen molar-refractivity contribution in [2.45, 2.75) is 512 Å². The lowest BCUT2D eigenvalue weighted by molar-refractivity contribution is 0.181. The van der Waals surface area contributed by atoms with Crippen molar-refractivity contribution in [2.75, 3.05) is 59.5 Å². The van der Waals surface area contributed by atoms with E-state index in [-0.39, 0.29) is 6.10 Å². The zero-order valence-corrected chi connectivity index (χ0v) is 69.8. The standard InChI is InChI=1S/C14H30O.C12H26O.C11H24O.C10H22O.C9H20O.C8H18O.C7H16O.2C6H14O.C5H12O/c1-2-3-4-5-6-7-8-9-10-11-12-13-14-15;1-2-3-4-5-6-7-8-9-10-11-12-13;1-2-3-4-5-6-7-8-9-10-11-12;1-2-3-4-5-6-7-8-9-10-11;1-2-3-4-5-6-7-8-9-10;1-2-3-4-5-6-7-8-9;1-2-3-4-5-6-7-8;1-3-4-5-6(2)7;1-2-3-4-5-6-7;1-2-3-4-5-6/h15H,2-14H2,1H3;13H,2-12H2,1H3;12H,2-11H2,1H3;11H,2-10H2,1H3;10H,2-9H2,1H3;9H,2-8H2,1H3;8H,2-7H2,1H3;6-7H,3-5H2,1-2H3;7H,2-6H2,1H3;6H,2-5H2,1H3. The fourth-order valence-electron chi connectivity index (χ4n) is 10.3. The van der Waals surface area contributed by atoms with Gasteiger partial charge in [-0.05, 0) is 71.1 Å². The van der Waals surface area contributed by atoms with Crippen molar-refractivity contribution in [3.05, 3.63) is 0 Å². The Morgan fingerprint density at radius 1 is 0.133 bits per heavy atom. The summed E-state index contributed by atoms with van der Waals surface area (Å²) < 4.78 is 0. The lowest BCUT2D eigenvalue weighted by Crippen LogP contribution is -1.97. The van der Waals surface area contributed by atoms with Gasteiger partial charge in [-0.25, -0.2) is 0 Å². The maximum atomic E-state index is 8.68. The fraction of sp³-hybridized carbons (Fsp3) is 1.00. The lowest BCUT2D eigenvalue weighted by Gasteiger charge is -2.01. The number of aliphatic hydroxyl groups is 10. The molecule has 98 heavy (non-hydrogen) atoms. The molecule has 0 amide bonds. The third-order valence-corrected chi connectivity index (χ3v) is 17.1. The molecule has 10 nitrogen and oxygen atoms in total. The predicted molar refractivity (Wildman–Crippen MR) is 442 cm³/mol. The van der Waals surface area contributed by atoms with E-state index in [0.29, 0.717) is 59.5 Å². The van der Waals surface area contributed by atoms with Gasteiger partial charge in [-0.15, -0.1) is 0 Å². The Morgan fingerprint density at radius 2 is 0.214 bits per heavy atom.